The molecule has 300 valence electrons. The molecule has 0 fully saturated rings. The number of carbonyl (C=O) groups is 6. The van der Waals surface area contributed by atoms with E-state index < -0.39 is 82.4 Å². The van der Waals surface area contributed by atoms with Crippen LogP contribution < -0.4 is 26.9 Å². The van der Waals surface area contributed by atoms with Gasteiger partial charge < -0.3 is 16.0 Å². The summed E-state index contributed by atoms with van der Waals surface area (Å²) in [5.74, 6) is -5.75. The number of ketones is 4. The van der Waals surface area contributed by atoms with Crippen LogP contribution in [0.4, 0.5) is 0 Å². The van der Waals surface area contributed by atoms with Gasteiger partial charge in [-0.25, -0.2) is 0 Å². The molecule has 0 bridgehead atoms. The number of benzene rings is 2. The molecule has 0 saturated carbocycles. The van der Waals surface area contributed by atoms with Gasteiger partial charge in [-0.15, -0.1) is 0 Å². The molecule has 14 heteroatoms. The van der Waals surface area contributed by atoms with Crippen molar-refractivity contribution < 1.29 is 38.4 Å². The molecule has 1 aliphatic heterocycles. The third-order valence-corrected chi connectivity index (χ3v) is 8.56. The van der Waals surface area contributed by atoms with Crippen LogP contribution in [0, 0.1) is 11.8 Å². The van der Waals surface area contributed by atoms with E-state index >= 15 is 0 Å². The van der Waals surface area contributed by atoms with Gasteiger partial charge in [0.05, 0.1) is 29.6 Å². The maximum Gasteiger partial charge on any atom is 0.240 e. The zero-order valence-electron chi connectivity index (χ0n) is 33.6. The number of carbonyl (C=O) groups excluding carboxylic acids is 6. The number of rotatable bonds is 20. The summed E-state index contributed by atoms with van der Waals surface area (Å²) in [5, 5.41) is 8.12. The second-order valence-electron chi connectivity index (χ2n) is 16.4. The van der Waals surface area contributed by atoms with Crippen molar-refractivity contribution in [2.24, 2.45) is 16.8 Å². The predicted molar refractivity (Wildman–Crippen MR) is 209 cm³/mol. The lowest BCUT2D eigenvalue weighted by molar-refractivity contribution is -0.145. The Morgan fingerprint density at radius 3 is 1.38 bits per heavy atom. The highest BCUT2D eigenvalue weighted by atomic mass is 16.7. The lowest BCUT2D eigenvalue weighted by Gasteiger charge is -2.29. The van der Waals surface area contributed by atoms with Crippen LogP contribution in [-0.4, -0.2) is 88.7 Å². The van der Waals surface area contributed by atoms with Crippen LogP contribution >= 0.6 is 0 Å². The molecule has 0 saturated heterocycles. The van der Waals surface area contributed by atoms with Crippen LogP contribution in [0.15, 0.2) is 65.7 Å². The van der Waals surface area contributed by atoms with Gasteiger partial charge in [0, 0.05) is 12.8 Å². The molecule has 55 heavy (non-hydrogen) atoms. The van der Waals surface area contributed by atoms with Gasteiger partial charge in [0.25, 0.3) is 0 Å². The van der Waals surface area contributed by atoms with Crippen LogP contribution in [0.1, 0.15) is 80.4 Å². The van der Waals surface area contributed by atoms with Crippen LogP contribution in [0.3, 0.4) is 0 Å². The highest BCUT2D eigenvalue weighted by Gasteiger charge is 2.45. The van der Waals surface area contributed by atoms with Gasteiger partial charge in [-0.05, 0) is 64.5 Å². The molecule has 2 aromatic rings. The molecule has 0 radical (unpaired) electrons. The summed E-state index contributed by atoms with van der Waals surface area (Å²) in [7, 11) is 0. The van der Waals surface area contributed by atoms with Gasteiger partial charge in [0.15, 0.2) is 0 Å². The second-order valence-corrected chi connectivity index (χ2v) is 16.4. The normalized spacial score (nSPS) is 17.9. The lowest BCUT2D eigenvalue weighted by atomic mass is 9.89. The number of hydroxylamine groups is 2. The first-order valence-corrected chi connectivity index (χ1v) is 18.7. The first kappa shape index (κ1) is 44.8. The van der Waals surface area contributed by atoms with E-state index in [1.165, 1.54) is 0 Å². The van der Waals surface area contributed by atoms with E-state index in [9.17, 15) is 28.8 Å². The number of amides is 2. The van der Waals surface area contributed by atoms with Crippen molar-refractivity contribution in [3.05, 3.63) is 71.8 Å². The predicted octanol–water partition coefficient (Wildman–Crippen LogP) is 2.78. The van der Waals surface area contributed by atoms with E-state index in [2.05, 4.69) is 31.9 Å². The highest BCUT2D eigenvalue weighted by molar-refractivity contribution is 6.46. The molecule has 0 aliphatic carbocycles. The fraction of sp³-hybridized carbons (Fsp3) is 0.537. The van der Waals surface area contributed by atoms with Crippen LogP contribution in [0.5, 0.6) is 0 Å². The Morgan fingerprint density at radius 1 is 0.636 bits per heavy atom. The average molecular weight is 763 g/mol. The summed E-state index contributed by atoms with van der Waals surface area (Å²) < 4.78 is 0. The molecule has 2 amide bonds. The van der Waals surface area contributed by atoms with Crippen LogP contribution in [0.2, 0.25) is 0 Å². The van der Waals surface area contributed by atoms with Crippen molar-refractivity contribution in [1.29, 1.82) is 0 Å². The molecule has 3 rings (SSSR count). The summed E-state index contributed by atoms with van der Waals surface area (Å²) in [4.78, 5) is 98.6. The molecule has 5 N–H and O–H groups in total. The molecular formula is C41H58N6O8. The van der Waals surface area contributed by atoms with Crippen molar-refractivity contribution in [2.45, 2.75) is 130 Å². The van der Waals surface area contributed by atoms with E-state index in [1.54, 1.807) is 74.5 Å². The molecule has 1 aliphatic rings. The molecule has 14 nitrogen and oxygen atoms in total. The SMILES string of the molecule is CC(C)[C@H](NOC(C)(C)C)C(=O)N[C@@H](Cc1ccccc1)C(=O)C(=O)C1N=CNC1C(=O)C(=O)[C@H](Cc1ccccc1)NC(=O)[C@@H](NOC(C)(C)C)C(C)C. The van der Waals surface area contributed by atoms with Crippen molar-refractivity contribution >= 4 is 41.3 Å². The Labute approximate surface area is 324 Å². The Morgan fingerprint density at radius 2 is 1.02 bits per heavy atom. The molecule has 2 aromatic carbocycles. The number of hydrogen-bond acceptors (Lipinski definition) is 12. The third-order valence-electron chi connectivity index (χ3n) is 8.56. The fourth-order valence-corrected chi connectivity index (χ4v) is 5.57. The largest absolute Gasteiger partial charge is 0.364 e. The quantitative estimate of drug-likeness (QED) is 0.0985. The van der Waals surface area contributed by atoms with Crippen LogP contribution in [0.25, 0.3) is 0 Å². The molecule has 2 unspecified atom stereocenters. The molecule has 6 atom stereocenters. The van der Waals surface area contributed by atoms with E-state index in [4.69, 9.17) is 9.68 Å². The number of nitrogens with zero attached hydrogens (tertiary/aromatic N) is 1. The topological polar surface area (TPSA) is 193 Å². The van der Waals surface area contributed by atoms with Crippen molar-refractivity contribution in [3.63, 3.8) is 0 Å². The van der Waals surface area contributed by atoms with Crippen molar-refractivity contribution in [1.82, 2.24) is 26.9 Å². The summed E-state index contributed by atoms with van der Waals surface area (Å²) in [6.45, 7) is 18.1. The Kier molecular flexibility index (Phi) is 16.1. The van der Waals surface area contributed by atoms with Gasteiger partial charge in [-0.2, -0.15) is 11.0 Å². The summed E-state index contributed by atoms with van der Waals surface area (Å²) in [5.41, 5.74) is 5.69. The minimum absolute atomic E-state index is 0.0254. The zero-order valence-corrected chi connectivity index (χ0v) is 33.6. The standard InChI is InChI=1S/C41H58N6O8/c1-24(2)30(46-54-40(5,6)7)38(52)44-28(21-26-17-13-11-14-18-26)34(48)36(50)32-33(43-23-42-32)37(51)35(49)29(22-27-19-15-12-16-20-27)45-39(53)31(25(3)4)47-55-41(8,9)10/h11-20,23-25,28-33,46-47H,21-22H2,1-10H3,(H,42,43)(H,44,52)(H,45,53)/t28-,29-,30-,31-,32?,33?/m0/s1. The first-order chi connectivity index (χ1) is 25.7. The minimum Gasteiger partial charge on any atom is -0.364 e. The number of Topliss-reactive ketones (excluding diaryl/α,β-unsaturated/α-hetero) is 4. The van der Waals surface area contributed by atoms with Crippen molar-refractivity contribution in [2.75, 3.05) is 0 Å². The Balaban J connectivity index is 1.88. The average Bonchev–Trinajstić information content (AvgIpc) is 3.59. The summed E-state index contributed by atoms with van der Waals surface area (Å²) in [6, 6.07) is 10.2. The second kappa shape index (κ2) is 19.8. The number of hydrogen-bond donors (Lipinski definition) is 5. The molecular weight excluding hydrogens is 704 g/mol. The maximum absolute atomic E-state index is 14.0. The monoisotopic (exact) mass is 762 g/mol. The molecule has 1 heterocycles. The fourth-order valence-electron chi connectivity index (χ4n) is 5.57. The number of nitrogens with one attached hydrogen (secondary N) is 5. The summed E-state index contributed by atoms with van der Waals surface area (Å²) >= 11 is 0. The van der Waals surface area contributed by atoms with Gasteiger partial charge in [0.1, 0.15) is 24.2 Å². The zero-order chi connectivity index (χ0) is 41.1. The van der Waals surface area contributed by atoms with E-state index in [0.717, 1.165) is 6.34 Å². The van der Waals surface area contributed by atoms with Gasteiger partial charge in [-0.3, -0.25) is 43.4 Å². The smallest absolute Gasteiger partial charge is 0.240 e. The maximum atomic E-state index is 14.0. The third kappa shape index (κ3) is 13.9. The Bertz CT molecular complexity index is 1670. The number of aliphatic imine (C=N–C) groups is 1. The molecule has 0 spiro atoms. The first-order valence-electron chi connectivity index (χ1n) is 18.7. The van der Waals surface area contributed by atoms with Gasteiger partial charge in [-0.1, -0.05) is 88.4 Å². The van der Waals surface area contributed by atoms with Gasteiger partial charge >= 0.3 is 0 Å². The van der Waals surface area contributed by atoms with E-state index in [-0.39, 0.29) is 24.7 Å². The van der Waals surface area contributed by atoms with E-state index in [1.807, 2.05) is 55.4 Å². The molecule has 0 aromatic heterocycles. The Hall–Kier alpha value is -4.63. The van der Waals surface area contributed by atoms with Crippen molar-refractivity contribution in [3.8, 4) is 0 Å². The minimum atomic E-state index is -1.60. The van der Waals surface area contributed by atoms with Gasteiger partial charge in [0.2, 0.25) is 34.9 Å². The van der Waals surface area contributed by atoms with E-state index in [0.29, 0.717) is 11.1 Å². The summed E-state index contributed by atoms with van der Waals surface area (Å²) in [6.07, 6.45) is 1.05. The lowest BCUT2D eigenvalue weighted by Crippen LogP contribution is -2.58. The highest BCUT2D eigenvalue weighted by Crippen LogP contribution is 2.16. The van der Waals surface area contributed by atoms with Crippen LogP contribution in [-0.2, 0) is 51.3 Å².